The Hall–Kier alpha value is 0.110. The molecule has 1 aromatic rings. The van der Waals surface area contributed by atoms with Gasteiger partial charge in [0.15, 0.2) is 0 Å². The van der Waals surface area contributed by atoms with E-state index in [2.05, 4.69) is 19.2 Å². The molecular formula is C15H23Cl2NS. The molecule has 108 valence electrons. The van der Waals surface area contributed by atoms with Gasteiger partial charge in [0.25, 0.3) is 0 Å². The Morgan fingerprint density at radius 3 is 2.79 bits per heavy atom. The zero-order valence-electron chi connectivity index (χ0n) is 11.7. The molecule has 0 aliphatic rings. The normalized spacial score (nSPS) is 12.6. The first-order valence-electron chi connectivity index (χ1n) is 6.94. The second kappa shape index (κ2) is 9.93. The van der Waals surface area contributed by atoms with Crippen LogP contribution >= 0.6 is 35.0 Å². The van der Waals surface area contributed by atoms with E-state index in [-0.39, 0.29) is 0 Å². The monoisotopic (exact) mass is 319 g/mol. The summed E-state index contributed by atoms with van der Waals surface area (Å²) >= 11 is 13.8. The lowest BCUT2D eigenvalue weighted by atomic mass is 10.1. The number of halogens is 2. The minimum atomic E-state index is 0.599. The highest BCUT2D eigenvalue weighted by Crippen LogP contribution is 2.29. The van der Waals surface area contributed by atoms with Crippen LogP contribution in [0.4, 0.5) is 0 Å². The molecule has 0 saturated carbocycles. The lowest BCUT2D eigenvalue weighted by Crippen LogP contribution is -2.28. The summed E-state index contributed by atoms with van der Waals surface area (Å²) in [5, 5.41) is 5.08. The number of nitrogens with one attached hydrogen (secondary N) is 1. The van der Waals surface area contributed by atoms with Gasteiger partial charge in [0.2, 0.25) is 0 Å². The van der Waals surface area contributed by atoms with Crippen molar-refractivity contribution in [1.29, 1.82) is 0 Å². The number of benzene rings is 1. The van der Waals surface area contributed by atoms with Gasteiger partial charge in [-0.2, -0.15) is 0 Å². The van der Waals surface area contributed by atoms with Gasteiger partial charge in [0.05, 0.1) is 5.02 Å². The molecule has 0 aliphatic carbocycles. The molecule has 19 heavy (non-hydrogen) atoms. The van der Waals surface area contributed by atoms with Crippen molar-refractivity contribution in [3.8, 4) is 0 Å². The molecule has 0 radical (unpaired) electrons. The van der Waals surface area contributed by atoms with Gasteiger partial charge in [-0.3, -0.25) is 0 Å². The van der Waals surface area contributed by atoms with Crippen molar-refractivity contribution in [2.24, 2.45) is 0 Å². The fraction of sp³-hybridized carbons (Fsp3) is 0.600. The highest BCUT2D eigenvalue weighted by Gasteiger charge is 2.03. The van der Waals surface area contributed by atoms with Gasteiger partial charge in [-0.15, -0.1) is 11.8 Å². The number of thioether (sulfide) groups is 1. The number of rotatable bonds is 9. The molecule has 0 aliphatic heterocycles. The van der Waals surface area contributed by atoms with Crippen molar-refractivity contribution in [2.75, 3.05) is 12.3 Å². The quantitative estimate of drug-likeness (QED) is 0.466. The van der Waals surface area contributed by atoms with Gasteiger partial charge in [-0.05, 0) is 31.5 Å². The van der Waals surface area contributed by atoms with Crippen LogP contribution in [0.3, 0.4) is 0 Å². The number of hydrogen-bond donors (Lipinski definition) is 1. The average Bonchev–Trinajstić information content (AvgIpc) is 2.39. The Morgan fingerprint density at radius 2 is 2.05 bits per heavy atom. The van der Waals surface area contributed by atoms with Crippen molar-refractivity contribution >= 4 is 35.0 Å². The van der Waals surface area contributed by atoms with E-state index in [1.54, 1.807) is 11.8 Å². The highest BCUT2D eigenvalue weighted by molar-refractivity contribution is 7.99. The van der Waals surface area contributed by atoms with E-state index in [1.165, 1.54) is 25.7 Å². The Kier molecular flexibility index (Phi) is 8.97. The summed E-state index contributed by atoms with van der Waals surface area (Å²) < 4.78 is 0. The fourth-order valence-corrected chi connectivity index (χ4v) is 3.23. The Labute approximate surface area is 131 Å². The number of hydrogen-bond acceptors (Lipinski definition) is 2. The predicted molar refractivity (Wildman–Crippen MR) is 88.8 cm³/mol. The summed E-state index contributed by atoms with van der Waals surface area (Å²) in [5.74, 6) is 1.01. The first-order chi connectivity index (χ1) is 9.13. The lowest BCUT2D eigenvalue weighted by Gasteiger charge is -2.13. The molecule has 0 aromatic heterocycles. The van der Waals surface area contributed by atoms with Crippen LogP contribution in [0.1, 0.15) is 39.5 Å². The summed E-state index contributed by atoms with van der Waals surface area (Å²) in [6.45, 7) is 5.50. The summed E-state index contributed by atoms with van der Waals surface area (Å²) in [5.41, 5.74) is 0. The molecule has 1 N–H and O–H groups in total. The molecule has 0 spiro atoms. The van der Waals surface area contributed by atoms with Crippen LogP contribution in [0.2, 0.25) is 10.0 Å². The smallest absolute Gasteiger partial charge is 0.0542 e. The van der Waals surface area contributed by atoms with E-state index in [9.17, 15) is 0 Å². The summed E-state index contributed by atoms with van der Waals surface area (Å²) in [6, 6.07) is 6.20. The molecule has 1 rings (SSSR count). The third-order valence-electron chi connectivity index (χ3n) is 2.99. The first kappa shape index (κ1) is 17.2. The minimum Gasteiger partial charge on any atom is -0.313 e. The maximum absolute atomic E-state index is 6.12. The Morgan fingerprint density at radius 1 is 1.26 bits per heavy atom. The topological polar surface area (TPSA) is 12.0 Å². The second-order valence-corrected chi connectivity index (χ2v) is 6.75. The zero-order valence-corrected chi connectivity index (χ0v) is 14.0. The van der Waals surface area contributed by atoms with E-state index in [0.29, 0.717) is 6.04 Å². The molecule has 0 fully saturated rings. The van der Waals surface area contributed by atoms with Crippen LogP contribution in [0.5, 0.6) is 0 Å². The average molecular weight is 320 g/mol. The largest absolute Gasteiger partial charge is 0.313 e. The van der Waals surface area contributed by atoms with Crippen LogP contribution in [0, 0.1) is 0 Å². The molecule has 1 atom stereocenters. The summed E-state index contributed by atoms with van der Waals surface area (Å²) in [7, 11) is 0. The molecule has 1 unspecified atom stereocenters. The minimum absolute atomic E-state index is 0.599. The third kappa shape index (κ3) is 7.45. The highest BCUT2D eigenvalue weighted by atomic mass is 35.5. The van der Waals surface area contributed by atoms with E-state index >= 15 is 0 Å². The van der Waals surface area contributed by atoms with Crippen molar-refractivity contribution in [3.63, 3.8) is 0 Å². The lowest BCUT2D eigenvalue weighted by molar-refractivity contribution is 0.502. The van der Waals surface area contributed by atoms with E-state index in [0.717, 1.165) is 27.2 Å². The first-order valence-corrected chi connectivity index (χ1v) is 8.69. The summed E-state index contributed by atoms with van der Waals surface area (Å²) in [6.07, 6.45) is 5.20. The predicted octanol–water partition coefficient (Wildman–Crippen LogP) is 5.64. The Balaban J connectivity index is 2.18. The molecule has 1 nitrogen and oxygen atoms in total. The van der Waals surface area contributed by atoms with Crippen LogP contribution in [-0.4, -0.2) is 18.3 Å². The van der Waals surface area contributed by atoms with Gasteiger partial charge < -0.3 is 5.32 Å². The van der Waals surface area contributed by atoms with Crippen LogP contribution in [-0.2, 0) is 0 Å². The van der Waals surface area contributed by atoms with Gasteiger partial charge >= 0.3 is 0 Å². The fourth-order valence-electron chi connectivity index (χ4n) is 1.86. The maximum atomic E-state index is 6.12. The van der Waals surface area contributed by atoms with Gasteiger partial charge in [-0.25, -0.2) is 0 Å². The van der Waals surface area contributed by atoms with E-state index < -0.39 is 0 Å². The number of unbranched alkanes of at least 4 members (excludes halogenated alkanes) is 2. The third-order valence-corrected chi connectivity index (χ3v) is 4.72. The van der Waals surface area contributed by atoms with Crippen molar-refractivity contribution in [2.45, 2.75) is 50.5 Å². The van der Waals surface area contributed by atoms with E-state index in [1.807, 2.05) is 18.2 Å². The molecule has 0 heterocycles. The van der Waals surface area contributed by atoms with Crippen molar-refractivity contribution < 1.29 is 0 Å². The standard InChI is InChI=1S/C15H23Cl2NS/c1-3-4-5-6-12(2)18-9-10-19-15-11-13(16)7-8-14(15)17/h7-8,11-12,18H,3-6,9-10H2,1-2H3. The van der Waals surface area contributed by atoms with Crippen LogP contribution in [0.25, 0.3) is 0 Å². The van der Waals surface area contributed by atoms with Gasteiger partial charge in [0, 0.05) is 28.3 Å². The van der Waals surface area contributed by atoms with Crippen LogP contribution < -0.4 is 5.32 Å². The van der Waals surface area contributed by atoms with Gasteiger partial charge in [-0.1, -0.05) is 49.4 Å². The van der Waals surface area contributed by atoms with Crippen molar-refractivity contribution in [3.05, 3.63) is 28.2 Å². The van der Waals surface area contributed by atoms with Crippen molar-refractivity contribution in [1.82, 2.24) is 5.32 Å². The maximum Gasteiger partial charge on any atom is 0.0542 e. The van der Waals surface area contributed by atoms with Gasteiger partial charge in [0.1, 0.15) is 0 Å². The van der Waals surface area contributed by atoms with E-state index in [4.69, 9.17) is 23.2 Å². The molecule has 0 saturated heterocycles. The second-order valence-electron chi connectivity index (χ2n) is 4.77. The Bertz CT molecular complexity index is 371. The summed E-state index contributed by atoms with van der Waals surface area (Å²) in [4.78, 5) is 1.06. The SMILES string of the molecule is CCCCCC(C)NCCSc1cc(Cl)ccc1Cl. The molecule has 0 bridgehead atoms. The zero-order chi connectivity index (χ0) is 14.1. The molecule has 1 aromatic carbocycles. The van der Waals surface area contributed by atoms with Crippen LogP contribution in [0.15, 0.2) is 23.1 Å². The molecule has 4 heteroatoms. The molecular weight excluding hydrogens is 297 g/mol. The molecule has 0 amide bonds.